The van der Waals surface area contributed by atoms with E-state index in [9.17, 15) is 9.59 Å². The summed E-state index contributed by atoms with van der Waals surface area (Å²) in [5, 5.41) is 2.90. The number of nitrogens with zero attached hydrogens (tertiary/aromatic N) is 1. The molecule has 3 N–H and O–H groups in total. The van der Waals surface area contributed by atoms with E-state index in [1.54, 1.807) is 0 Å². The molecule has 2 aliphatic rings. The molecule has 0 aromatic rings. The van der Waals surface area contributed by atoms with Crippen molar-refractivity contribution >= 4 is 24.2 Å². The zero-order chi connectivity index (χ0) is 13.1. The average Bonchev–Trinajstić information content (AvgIpc) is 2.74. The van der Waals surface area contributed by atoms with Crippen molar-refractivity contribution in [1.82, 2.24) is 10.2 Å². The van der Waals surface area contributed by atoms with E-state index in [1.165, 1.54) is 6.92 Å². The summed E-state index contributed by atoms with van der Waals surface area (Å²) in [6.07, 6.45) is 4.85. The Morgan fingerprint density at radius 2 is 1.95 bits per heavy atom. The highest BCUT2D eigenvalue weighted by molar-refractivity contribution is 5.85. The lowest BCUT2D eigenvalue weighted by Crippen LogP contribution is -2.52. The molecule has 1 aliphatic carbocycles. The van der Waals surface area contributed by atoms with E-state index >= 15 is 0 Å². The van der Waals surface area contributed by atoms with Crippen LogP contribution >= 0.6 is 12.4 Å². The van der Waals surface area contributed by atoms with Crippen molar-refractivity contribution in [3.63, 3.8) is 0 Å². The molecule has 110 valence electrons. The van der Waals surface area contributed by atoms with Gasteiger partial charge >= 0.3 is 0 Å². The fourth-order valence-corrected chi connectivity index (χ4v) is 3.11. The largest absolute Gasteiger partial charge is 0.352 e. The molecule has 2 rings (SSSR count). The molecular formula is C13H24ClN3O2. The standard InChI is InChI=1S/C13H23N3O2.ClH/c1-9(17)15-10-4-3-7-16(8-10)13(18)11-5-2-6-12(11)14;/h10-12H,2-8,14H2,1H3,(H,15,17);1H. The van der Waals surface area contributed by atoms with Crippen LogP contribution in [-0.2, 0) is 9.59 Å². The molecule has 19 heavy (non-hydrogen) atoms. The fourth-order valence-electron chi connectivity index (χ4n) is 3.11. The van der Waals surface area contributed by atoms with Gasteiger partial charge in [0, 0.05) is 32.1 Å². The Morgan fingerprint density at radius 3 is 2.53 bits per heavy atom. The molecule has 0 aromatic heterocycles. The first-order valence-electron chi connectivity index (χ1n) is 6.89. The SMILES string of the molecule is CC(=O)NC1CCCN(C(=O)C2CCCC2N)C1.Cl. The van der Waals surface area contributed by atoms with Crippen LogP contribution in [-0.4, -0.2) is 41.9 Å². The Kier molecular flexibility index (Phi) is 6.07. The number of nitrogens with two attached hydrogens (primary N) is 1. The van der Waals surface area contributed by atoms with E-state index in [4.69, 9.17) is 5.73 Å². The molecule has 5 nitrogen and oxygen atoms in total. The zero-order valence-electron chi connectivity index (χ0n) is 11.4. The third-order valence-electron chi connectivity index (χ3n) is 4.03. The summed E-state index contributed by atoms with van der Waals surface area (Å²) in [5.41, 5.74) is 5.98. The molecule has 1 saturated heterocycles. The van der Waals surface area contributed by atoms with Crippen LogP contribution in [0.25, 0.3) is 0 Å². The predicted molar refractivity (Wildman–Crippen MR) is 76.0 cm³/mol. The molecule has 0 spiro atoms. The molecule has 6 heteroatoms. The van der Waals surface area contributed by atoms with Crippen molar-refractivity contribution in [3.05, 3.63) is 0 Å². The van der Waals surface area contributed by atoms with Gasteiger partial charge in [-0.1, -0.05) is 6.42 Å². The molecule has 0 aromatic carbocycles. The number of likely N-dealkylation sites (tertiary alicyclic amines) is 1. The van der Waals surface area contributed by atoms with Gasteiger partial charge in [-0.05, 0) is 25.7 Å². The van der Waals surface area contributed by atoms with Crippen LogP contribution in [0.5, 0.6) is 0 Å². The van der Waals surface area contributed by atoms with E-state index in [0.29, 0.717) is 6.54 Å². The number of hydrogen-bond acceptors (Lipinski definition) is 3. The fraction of sp³-hybridized carbons (Fsp3) is 0.846. The highest BCUT2D eigenvalue weighted by Gasteiger charge is 2.35. The lowest BCUT2D eigenvalue weighted by Gasteiger charge is -2.35. The minimum Gasteiger partial charge on any atom is -0.352 e. The van der Waals surface area contributed by atoms with Crippen LogP contribution in [0.15, 0.2) is 0 Å². The van der Waals surface area contributed by atoms with E-state index in [2.05, 4.69) is 5.32 Å². The van der Waals surface area contributed by atoms with E-state index < -0.39 is 0 Å². The van der Waals surface area contributed by atoms with Crippen molar-refractivity contribution in [1.29, 1.82) is 0 Å². The molecular weight excluding hydrogens is 266 g/mol. The third kappa shape index (κ3) is 4.08. The summed E-state index contributed by atoms with van der Waals surface area (Å²) in [7, 11) is 0. The second kappa shape index (κ2) is 7.10. The van der Waals surface area contributed by atoms with Crippen LogP contribution in [0.3, 0.4) is 0 Å². The highest BCUT2D eigenvalue weighted by atomic mass is 35.5. The average molecular weight is 290 g/mol. The number of carbonyl (C=O) groups excluding carboxylic acids is 2. The normalized spacial score (nSPS) is 30.6. The van der Waals surface area contributed by atoms with Crippen molar-refractivity contribution in [2.24, 2.45) is 11.7 Å². The summed E-state index contributed by atoms with van der Waals surface area (Å²) in [5.74, 6) is 0.169. The molecule has 1 aliphatic heterocycles. The predicted octanol–water partition coefficient (Wildman–Crippen LogP) is 0.663. The lowest BCUT2D eigenvalue weighted by molar-refractivity contribution is -0.137. The van der Waals surface area contributed by atoms with Crippen LogP contribution in [0.2, 0.25) is 0 Å². The number of rotatable bonds is 2. The van der Waals surface area contributed by atoms with Crippen molar-refractivity contribution in [3.8, 4) is 0 Å². The number of amides is 2. The van der Waals surface area contributed by atoms with Crippen molar-refractivity contribution < 1.29 is 9.59 Å². The maximum Gasteiger partial charge on any atom is 0.227 e. The molecule has 1 heterocycles. The Labute approximate surface area is 120 Å². The minimum absolute atomic E-state index is 0. The second-order valence-corrected chi connectivity index (χ2v) is 5.53. The summed E-state index contributed by atoms with van der Waals surface area (Å²) < 4.78 is 0. The first-order chi connectivity index (χ1) is 8.58. The summed E-state index contributed by atoms with van der Waals surface area (Å²) >= 11 is 0. The monoisotopic (exact) mass is 289 g/mol. The Morgan fingerprint density at radius 1 is 1.21 bits per heavy atom. The van der Waals surface area contributed by atoms with Crippen LogP contribution < -0.4 is 11.1 Å². The van der Waals surface area contributed by atoms with Gasteiger partial charge in [-0.2, -0.15) is 0 Å². The number of carbonyl (C=O) groups is 2. The van der Waals surface area contributed by atoms with Gasteiger partial charge < -0.3 is 16.0 Å². The van der Waals surface area contributed by atoms with Gasteiger partial charge in [0.1, 0.15) is 0 Å². The van der Waals surface area contributed by atoms with Gasteiger partial charge in [0.05, 0.1) is 5.92 Å². The van der Waals surface area contributed by atoms with Crippen molar-refractivity contribution in [2.45, 2.75) is 51.1 Å². The summed E-state index contributed by atoms with van der Waals surface area (Å²) in [4.78, 5) is 25.3. The van der Waals surface area contributed by atoms with Gasteiger partial charge in [-0.3, -0.25) is 9.59 Å². The van der Waals surface area contributed by atoms with E-state index in [1.807, 2.05) is 4.90 Å². The first-order valence-corrected chi connectivity index (χ1v) is 6.89. The van der Waals surface area contributed by atoms with E-state index in [-0.39, 0.29) is 42.2 Å². The Balaban J connectivity index is 0.00000180. The smallest absolute Gasteiger partial charge is 0.227 e. The van der Waals surface area contributed by atoms with Gasteiger partial charge in [-0.15, -0.1) is 12.4 Å². The number of nitrogens with one attached hydrogen (secondary N) is 1. The quantitative estimate of drug-likeness (QED) is 0.784. The highest BCUT2D eigenvalue weighted by Crippen LogP contribution is 2.27. The van der Waals surface area contributed by atoms with Crippen molar-refractivity contribution in [2.75, 3.05) is 13.1 Å². The molecule has 0 radical (unpaired) electrons. The minimum atomic E-state index is -0.0214. The van der Waals surface area contributed by atoms with Gasteiger partial charge in [0.2, 0.25) is 11.8 Å². The number of halogens is 1. The maximum atomic E-state index is 12.4. The van der Waals surface area contributed by atoms with E-state index in [0.717, 1.165) is 38.6 Å². The molecule has 3 atom stereocenters. The Bertz CT molecular complexity index is 338. The maximum absolute atomic E-state index is 12.4. The lowest BCUT2D eigenvalue weighted by atomic mass is 9.99. The zero-order valence-corrected chi connectivity index (χ0v) is 12.2. The van der Waals surface area contributed by atoms with Gasteiger partial charge in [0.25, 0.3) is 0 Å². The van der Waals surface area contributed by atoms with Gasteiger partial charge in [-0.25, -0.2) is 0 Å². The van der Waals surface area contributed by atoms with Crippen LogP contribution in [0.4, 0.5) is 0 Å². The number of hydrogen-bond donors (Lipinski definition) is 2. The first kappa shape index (κ1) is 16.2. The second-order valence-electron chi connectivity index (χ2n) is 5.53. The molecule has 0 bridgehead atoms. The summed E-state index contributed by atoms with van der Waals surface area (Å²) in [6, 6.07) is 0.136. The topological polar surface area (TPSA) is 75.4 Å². The molecule has 3 unspecified atom stereocenters. The Hall–Kier alpha value is -0.810. The molecule has 1 saturated carbocycles. The molecule has 2 fully saturated rings. The van der Waals surface area contributed by atoms with Crippen LogP contribution in [0, 0.1) is 5.92 Å². The third-order valence-corrected chi connectivity index (χ3v) is 4.03. The summed E-state index contributed by atoms with van der Waals surface area (Å²) in [6.45, 7) is 2.97. The van der Waals surface area contributed by atoms with Gasteiger partial charge in [0.15, 0.2) is 0 Å². The van der Waals surface area contributed by atoms with Crippen LogP contribution in [0.1, 0.15) is 39.0 Å². The number of piperidine rings is 1. The molecule has 2 amide bonds.